The predicted molar refractivity (Wildman–Crippen MR) is 55.3 cm³/mol. The minimum absolute atomic E-state index is 0.0801. The highest BCUT2D eigenvalue weighted by atomic mass is 32.2. The van der Waals surface area contributed by atoms with Gasteiger partial charge in [0.25, 0.3) is 0 Å². The van der Waals surface area contributed by atoms with E-state index in [1.165, 1.54) is 20.2 Å². The van der Waals surface area contributed by atoms with Gasteiger partial charge in [-0.1, -0.05) is 6.08 Å². The van der Waals surface area contributed by atoms with Gasteiger partial charge in [-0.25, -0.2) is 12.7 Å². The van der Waals surface area contributed by atoms with Gasteiger partial charge in [0.1, 0.15) is 0 Å². The molecule has 14 heavy (non-hydrogen) atoms. The van der Waals surface area contributed by atoms with Gasteiger partial charge < -0.3 is 5.32 Å². The Morgan fingerprint density at radius 2 is 2.00 bits per heavy atom. The Labute approximate surface area is 84.8 Å². The van der Waals surface area contributed by atoms with Gasteiger partial charge in [-0.3, -0.25) is 4.79 Å². The van der Waals surface area contributed by atoms with Gasteiger partial charge in [0.15, 0.2) is 0 Å². The summed E-state index contributed by atoms with van der Waals surface area (Å²) in [6.45, 7) is 1.85. The standard InChI is InChI=1S/C8H16N2O3S/c1-4-5-8(11)9-6-7-14(12,13)10(2)3/h4-5H,6-7H2,1-3H3,(H,9,11)/b5-4+. The number of hydrogen-bond acceptors (Lipinski definition) is 3. The van der Waals surface area contributed by atoms with Gasteiger partial charge >= 0.3 is 0 Å². The summed E-state index contributed by atoms with van der Waals surface area (Å²) in [7, 11) is -0.291. The quantitative estimate of drug-likeness (QED) is 0.639. The lowest BCUT2D eigenvalue weighted by Gasteiger charge is -2.10. The maximum absolute atomic E-state index is 11.2. The third-order valence-electron chi connectivity index (χ3n) is 1.53. The summed E-state index contributed by atoms with van der Waals surface area (Å²) in [4.78, 5) is 10.9. The van der Waals surface area contributed by atoms with Crippen LogP contribution >= 0.6 is 0 Å². The molecule has 0 aliphatic rings. The first-order valence-corrected chi connectivity index (χ1v) is 5.82. The van der Waals surface area contributed by atoms with E-state index in [2.05, 4.69) is 5.32 Å². The number of nitrogens with one attached hydrogen (secondary N) is 1. The molecular weight excluding hydrogens is 204 g/mol. The Balaban J connectivity index is 3.92. The molecule has 0 atom stereocenters. The average molecular weight is 220 g/mol. The van der Waals surface area contributed by atoms with Crippen LogP contribution in [0.3, 0.4) is 0 Å². The fourth-order valence-electron chi connectivity index (χ4n) is 0.696. The van der Waals surface area contributed by atoms with Crippen LogP contribution < -0.4 is 5.32 Å². The fraction of sp³-hybridized carbons (Fsp3) is 0.625. The van der Waals surface area contributed by atoms with Gasteiger partial charge in [0.2, 0.25) is 15.9 Å². The Kier molecular flexibility index (Phi) is 5.40. The minimum atomic E-state index is -3.21. The molecule has 0 saturated heterocycles. The smallest absolute Gasteiger partial charge is 0.243 e. The van der Waals surface area contributed by atoms with E-state index < -0.39 is 10.0 Å². The van der Waals surface area contributed by atoms with Crippen molar-refractivity contribution >= 4 is 15.9 Å². The molecule has 1 amide bonds. The average Bonchev–Trinajstić information content (AvgIpc) is 2.04. The monoisotopic (exact) mass is 220 g/mol. The minimum Gasteiger partial charge on any atom is -0.351 e. The number of hydrogen-bond donors (Lipinski definition) is 1. The first kappa shape index (κ1) is 13.1. The van der Waals surface area contributed by atoms with E-state index in [0.29, 0.717) is 0 Å². The normalized spacial score (nSPS) is 12.3. The van der Waals surface area contributed by atoms with E-state index in [9.17, 15) is 13.2 Å². The Morgan fingerprint density at radius 1 is 1.43 bits per heavy atom. The molecule has 0 aromatic heterocycles. The second-order valence-electron chi connectivity index (χ2n) is 2.89. The van der Waals surface area contributed by atoms with E-state index in [1.807, 2.05) is 0 Å². The molecule has 5 nitrogen and oxygen atoms in total. The highest BCUT2D eigenvalue weighted by molar-refractivity contribution is 7.89. The maximum atomic E-state index is 11.2. The molecule has 0 saturated carbocycles. The molecule has 0 bridgehead atoms. The molecule has 0 unspecified atom stereocenters. The van der Waals surface area contributed by atoms with Gasteiger partial charge in [0.05, 0.1) is 5.75 Å². The molecule has 0 aromatic carbocycles. The highest BCUT2D eigenvalue weighted by Gasteiger charge is 2.12. The molecule has 0 aromatic rings. The Morgan fingerprint density at radius 3 is 2.43 bits per heavy atom. The summed E-state index contributed by atoms with van der Waals surface area (Å²) in [5.74, 6) is -0.356. The van der Waals surface area contributed by atoms with Crippen LogP contribution in [0.2, 0.25) is 0 Å². The number of sulfonamides is 1. The van der Waals surface area contributed by atoms with Gasteiger partial charge in [0, 0.05) is 20.6 Å². The Hall–Kier alpha value is -0.880. The number of nitrogens with zero attached hydrogens (tertiary/aromatic N) is 1. The van der Waals surface area contributed by atoms with Crippen LogP contribution in [0.4, 0.5) is 0 Å². The summed E-state index contributed by atoms with van der Waals surface area (Å²) >= 11 is 0. The van der Waals surface area contributed by atoms with Crippen LogP contribution in [-0.4, -0.2) is 45.0 Å². The summed E-state index contributed by atoms with van der Waals surface area (Å²) < 4.78 is 23.6. The van der Waals surface area contributed by atoms with Crippen LogP contribution in [0.1, 0.15) is 6.92 Å². The molecule has 0 fully saturated rings. The molecule has 0 rings (SSSR count). The van der Waals surface area contributed by atoms with Crippen molar-refractivity contribution in [1.29, 1.82) is 0 Å². The zero-order valence-corrected chi connectivity index (χ0v) is 9.47. The van der Waals surface area contributed by atoms with Crippen molar-refractivity contribution in [2.75, 3.05) is 26.4 Å². The molecule has 6 heteroatoms. The van der Waals surface area contributed by atoms with Crippen molar-refractivity contribution in [2.45, 2.75) is 6.92 Å². The number of rotatable bonds is 5. The van der Waals surface area contributed by atoms with Gasteiger partial charge in [-0.05, 0) is 13.0 Å². The van der Waals surface area contributed by atoms with Crippen LogP contribution in [-0.2, 0) is 14.8 Å². The molecule has 1 N–H and O–H groups in total. The zero-order valence-electron chi connectivity index (χ0n) is 8.65. The lowest BCUT2D eigenvalue weighted by molar-refractivity contribution is -0.116. The lowest BCUT2D eigenvalue weighted by Crippen LogP contribution is -2.33. The van der Waals surface area contributed by atoms with Crippen molar-refractivity contribution in [3.8, 4) is 0 Å². The topological polar surface area (TPSA) is 66.5 Å². The molecule has 0 radical (unpaired) electrons. The van der Waals surface area contributed by atoms with Crippen LogP contribution in [0.5, 0.6) is 0 Å². The van der Waals surface area contributed by atoms with E-state index >= 15 is 0 Å². The van der Waals surface area contributed by atoms with Gasteiger partial charge in [-0.2, -0.15) is 0 Å². The third kappa shape index (κ3) is 4.98. The summed E-state index contributed by atoms with van der Waals surface area (Å²) in [6.07, 6.45) is 2.94. The Bertz CT molecular complexity index is 307. The first-order valence-electron chi connectivity index (χ1n) is 4.21. The largest absolute Gasteiger partial charge is 0.351 e. The van der Waals surface area contributed by atoms with E-state index in [4.69, 9.17) is 0 Å². The van der Waals surface area contributed by atoms with Crippen molar-refractivity contribution < 1.29 is 13.2 Å². The van der Waals surface area contributed by atoms with Crippen LogP contribution in [0.15, 0.2) is 12.2 Å². The van der Waals surface area contributed by atoms with Crippen molar-refractivity contribution in [3.63, 3.8) is 0 Å². The molecule has 0 heterocycles. The van der Waals surface area contributed by atoms with Crippen LogP contribution in [0, 0.1) is 0 Å². The molecule has 0 aliphatic carbocycles. The van der Waals surface area contributed by atoms with E-state index in [0.717, 1.165) is 4.31 Å². The van der Waals surface area contributed by atoms with E-state index in [1.54, 1.807) is 13.0 Å². The molecule has 0 aliphatic heterocycles. The number of allylic oxidation sites excluding steroid dienone is 1. The fourth-order valence-corrected chi connectivity index (χ4v) is 1.42. The van der Waals surface area contributed by atoms with Crippen molar-refractivity contribution in [1.82, 2.24) is 9.62 Å². The summed E-state index contributed by atoms with van der Waals surface area (Å²) in [5.41, 5.74) is 0. The second kappa shape index (κ2) is 5.77. The highest BCUT2D eigenvalue weighted by Crippen LogP contribution is 1.91. The first-order chi connectivity index (χ1) is 6.40. The van der Waals surface area contributed by atoms with Crippen molar-refractivity contribution in [2.24, 2.45) is 0 Å². The molecule has 82 valence electrons. The number of amides is 1. The molecule has 0 spiro atoms. The summed E-state index contributed by atoms with van der Waals surface area (Å²) in [6, 6.07) is 0. The van der Waals surface area contributed by atoms with Crippen molar-refractivity contribution in [3.05, 3.63) is 12.2 Å². The van der Waals surface area contributed by atoms with Crippen LogP contribution in [0.25, 0.3) is 0 Å². The third-order valence-corrected chi connectivity index (χ3v) is 3.37. The lowest BCUT2D eigenvalue weighted by atomic mass is 10.5. The second-order valence-corrected chi connectivity index (χ2v) is 5.19. The van der Waals surface area contributed by atoms with E-state index in [-0.39, 0.29) is 18.2 Å². The van der Waals surface area contributed by atoms with Gasteiger partial charge in [-0.15, -0.1) is 0 Å². The zero-order chi connectivity index (χ0) is 11.2. The number of carbonyl (C=O) groups excluding carboxylic acids is 1. The summed E-state index contributed by atoms with van der Waals surface area (Å²) in [5, 5.41) is 2.46. The molecular formula is C8H16N2O3S. The SMILES string of the molecule is C/C=C/C(=O)NCCS(=O)(=O)N(C)C. The maximum Gasteiger partial charge on any atom is 0.243 e. The predicted octanol–water partition coefficient (Wildman–Crippen LogP) is -0.430. The number of carbonyl (C=O) groups is 1.